The van der Waals surface area contributed by atoms with Gasteiger partial charge in [-0.2, -0.15) is 0 Å². The molecule has 3 aromatic carbocycles. The highest BCUT2D eigenvalue weighted by atomic mass is 35.5. The minimum Gasteiger partial charge on any atom is -0.497 e. The molecule has 0 aliphatic rings. The second kappa shape index (κ2) is 11.9. The lowest BCUT2D eigenvalue weighted by atomic mass is 10.1. The number of methoxy groups -OCH3 is 1. The molecule has 0 bridgehead atoms. The van der Waals surface area contributed by atoms with Gasteiger partial charge in [-0.1, -0.05) is 59.6 Å². The van der Waals surface area contributed by atoms with Crippen molar-refractivity contribution in [1.29, 1.82) is 0 Å². The lowest BCUT2D eigenvalue weighted by Crippen LogP contribution is -2.17. The largest absolute Gasteiger partial charge is 0.497 e. The van der Waals surface area contributed by atoms with Crippen molar-refractivity contribution in [3.63, 3.8) is 0 Å². The smallest absolute Gasteiger partial charge is 0.124 e. The van der Waals surface area contributed by atoms with Crippen LogP contribution >= 0.6 is 35.6 Å². The average molecular weight is 453 g/mol. The van der Waals surface area contributed by atoms with E-state index in [0.717, 1.165) is 42.1 Å². The van der Waals surface area contributed by atoms with Crippen LogP contribution in [-0.4, -0.2) is 13.7 Å². The Morgan fingerprint density at radius 2 is 1.66 bits per heavy atom. The SMILES string of the molecule is COc1ccc(CCNCc2ccccc2OCc2ccc(Cl)cc2Cl)cc1.Cl. The predicted octanol–water partition coefficient (Wildman–Crippen LogP) is 6.34. The highest BCUT2D eigenvalue weighted by Crippen LogP contribution is 2.24. The first kappa shape index (κ1) is 23.4. The Bertz CT molecular complexity index is 901. The lowest BCUT2D eigenvalue weighted by Gasteiger charge is -2.13. The fourth-order valence-corrected chi connectivity index (χ4v) is 3.30. The molecule has 3 aromatic rings. The third kappa shape index (κ3) is 7.13. The molecule has 154 valence electrons. The molecule has 0 heterocycles. The zero-order valence-corrected chi connectivity index (χ0v) is 18.5. The Morgan fingerprint density at radius 3 is 2.38 bits per heavy atom. The van der Waals surface area contributed by atoms with Gasteiger partial charge in [0, 0.05) is 27.7 Å². The number of ether oxygens (including phenoxy) is 2. The minimum atomic E-state index is 0. The Balaban J connectivity index is 0.00000300. The third-order valence-electron chi connectivity index (χ3n) is 4.44. The summed E-state index contributed by atoms with van der Waals surface area (Å²) in [5, 5.41) is 4.72. The van der Waals surface area contributed by atoms with Crippen molar-refractivity contribution >= 4 is 35.6 Å². The van der Waals surface area contributed by atoms with E-state index in [1.807, 2.05) is 42.5 Å². The van der Waals surface area contributed by atoms with Gasteiger partial charge in [0.15, 0.2) is 0 Å². The monoisotopic (exact) mass is 451 g/mol. The maximum absolute atomic E-state index is 6.23. The maximum Gasteiger partial charge on any atom is 0.124 e. The molecule has 3 rings (SSSR count). The van der Waals surface area contributed by atoms with Gasteiger partial charge >= 0.3 is 0 Å². The molecule has 0 atom stereocenters. The van der Waals surface area contributed by atoms with Crippen molar-refractivity contribution in [3.05, 3.63) is 93.5 Å². The second-order valence-corrected chi connectivity index (χ2v) is 7.25. The number of benzene rings is 3. The Hall–Kier alpha value is -1.91. The van der Waals surface area contributed by atoms with E-state index in [1.165, 1.54) is 5.56 Å². The van der Waals surface area contributed by atoms with Gasteiger partial charge in [-0.3, -0.25) is 0 Å². The molecule has 1 N–H and O–H groups in total. The van der Waals surface area contributed by atoms with E-state index in [9.17, 15) is 0 Å². The van der Waals surface area contributed by atoms with E-state index < -0.39 is 0 Å². The van der Waals surface area contributed by atoms with Crippen LogP contribution in [0.3, 0.4) is 0 Å². The molecule has 0 amide bonds. The Morgan fingerprint density at radius 1 is 0.897 bits per heavy atom. The lowest BCUT2D eigenvalue weighted by molar-refractivity contribution is 0.302. The molecule has 0 radical (unpaired) electrons. The Labute approximate surface area is 188 Å². The highest BCUT2D eigenvalue weighted by molar-refractivity contribution is 6.35. The molecule has 0 unspecified atom stereocenters. The first-order chi connectivity index (χ1) is 13.7. The summed E-state index contributed by atoms with van der Waals surface area (Å²) in [5.74, 6) is 1.73. The fraction of sp³-hybridized carbons (Fsp3) is 0.217. The number of hydrogen-bond donors (Lipinski definition) is 1. The van der Waals surface area contributed by atoms with Crippen molar-refractivity contribution in [3.8, 4) is 11.5 Å². The molecule has 3 nitrogen and oxygen atoms in total. The van der Waals surface area contributed by atoms with Gasteiger partial charge in [0.25, 0.3) is 0 Å². The number of rotatable bonds is 9. The average Bonchev–Trinajstić information content (AvgIpc) is 2.72. The molecule has 0 saturated carbocycles. The Kier molecular flexibility index (Phi) is 9.62. The maximum atomic E-state index is 6.23. The standard InChI is InChI=1S/C23H23Cl2NO2.ClH/c1-27-21-10-6-17(7-11-21)12-13-26-15-18-4-2-3-5-23(18)28-16-19-8-9-20(24)14-22(19)25;/h2-11,14,26H,12-13,15-16H2,1H3;1H. The van der Waals surface area contributed by atoms with Crippen LogP contribution in [0.25, 0.3) is 0 Å². The van der Waals surface area contributed by atoms with Gasteiger partial charge in [-0.15, -0.1) is 12.4 Å². The zero-order chi connectivity index (χ0) is 19.8. The van der Waals surface area contributed by atoms with Crippen molar-refractivity contribution in [2.75, 3.05) is 13.7 Å². The van der Waals surface area contributed by atoms with Crippen LogP contribution in [0.5, 0.6) is 11.5 Å². The number of hydrogen-bond acceptors (Lipinski definition) is 3. The topological polar surface area (TPSA) is 30.5 Å². The zero-order valence-electron chi connectivity index (χ0n) is 16.2. The second-order valence-electron chi connectivity index (χ2n) is 6.41. The first-order valence-electron chi connectivity index (χ1n) is 9.14. The van der Waals surface area contributed by atoms with Gasteiger partial charge in [-0.25, -0.2) is 0 Å². The highest BCUT2D eigenvalue weighted by Gasteiger charge is 2.06. The first-order valence-corrected chi connectivity index (χ1v) is 9.89. The van der Waals surface area contributed by atoms with Crippen LogP contribution in [0.15, 0.2) is 66.7 Å². The van der Waals surface area contributed by atoms with E-state index >= 15 is 0 Å². The molecule has 29 heavy (non-hydrogen) atoms. The van der Waals surface area contributed by atoms with Gasteiger partial charge in [0.2, 0.25) is 0 Å². The molecule has 0 spiro atoms. The van der Waals surface area contributed by atoms with E-state index in [-0.39, 0.29) is 12.4 Å². The van der Waals surface area contributed by atoms with Crippen LogP contribution < -0.4 is 14.8 Å². The summed E-state index contributed by atoms with van der Waals surface area (Å²) in [6.07, 6.45) is 0.952. The molecule has 0 aliphatic carbocycles. The molecule has 0 fully saturated rings. The van der Waals surface area contributed by atoms with Crippen LogP contribution in [-0.2, 0) is 19.6 Å². The normalized spacial score (nSPS) is 10.3. The summed E-state index contributed by atoms with van der Waals surface area (Å²) < 4.78 is 11.2. The van der Waals surface area contributed by atoms with Crippen molar-refractivity contribution < 1.29 is 9.47 Å². The summed E-state index contributed by atoms with van der Waals surface area (Å²) >= 11 is 12.2. The van der Waals surface area contributed by atoms with Crippen LogP contribution in [0.1, 0.15) is 16.7 Å². The van der Waals surface area contributed by atoms with E-state index in [1.54, 1.807) is 13.2 Å². The van der Waals surface area contributed by atoms with Crippen LogP contribution in [0, 0.1) is 0 Å². The summed E-state index contributed by atoms with van der Waals surface area (Å²) in [6.45, 7) is 2.02. The molecular weight excluding hydrogens is 429 g/mol. The van der Waals surface area contributed by atoms with E-state index in [0.29, 0.717) is 16.7 Å². The summed E-state index contributed by atoms with van der Waals surface area (Å²) in [7, 11) is 1.68. The van der Waals surface area contributed by atoms with Gasteiger partial charge in [0.1, 0.15) is 18.1 Å². The number of nitrogens with one attached hydrogen (secondary N) is 1. The number of para-hydroxylation sites is 1. The number of halogens is 3. The molecular formula is C23H24Cl3NO2. The summed E-state index contributed by atoms with van der Waals surface area (Å²) in [5.41, 5.74) is 3.30. The van der Waals surface area contributed by atoms with Crippen molar-refractivity contribution in [1.82, 2.24) is 5.32 Å². The fourth-order valence-electron chi connectivity index (χ4n) is 2.83. The summed E-state index contributed by atoms with van der Waals surface area (Å²) in [4.78, 5) is 0. The van der Waals surface area contributed by atoms with E-state index in [2.05, 4.69) is 23.5 Å². The van der Waals surface area contributed by atoms with E-state index in [4.69, 9.17) is 32.7 Å². The van der Waals surface area contributed by atoms with Gasteiger partial charge in [0.05, 0.1) is 7.11 Å². The molecule has 0 saturated heterocycles. The quantitative estimate of drug-likeness (QED) is 0.384. The summed E-state index contributed by atoms with van der Waals surface area (Å²) in [6, 6.07) is 21.6. The predicted molar refractivity (Wildman–Crippen MR) is 123 cm³/mol. The van der Waals surface area contributed by atoms with Crippen LogP contribution in [0.4, 0.5) is 0 Å². The van der Waals surface area contributed by atoms with Crippen molar-refractivity contribution in [2.45, 2.75) is 19.6 Å². The minimum absolute atomic E-state index is 0. The molecule has 0 aromatic heterocycles. The van der Waals surface area contributed by atoms with Crippen LogP contribution in [0.2, 0.25) is 10.0 Å². The van der Waals surface area contributed by atoms with Crippen molar-refractivity contribution in [2.24, 2.45) is 0 Å². The van der Waals surface area contributed by atoms with Gasteiger partial charge in [-0.05, 0) is 48.9 Å². The van der Waals surface area contributed by atoms with Gasteiger partial charge < -0.3 is 14.8 Å². The third-order valence-corrected chi connectivity index (χ3v) is 5.02. The molecule has 0 aliphatic heterocycles. The molecule has 6 heteroatoms.